The maximum atomic E-state index is 11.3. The molecule has 0 aromatic carbocycles. The molecular weight excluding hydrogens is 262 g/mol. The number of pyridine rings is 1. The Labute approximate surface area is 117 Å². The lowest BCUT2D eigenvalue weighted by Crippen LogP contribution is -2.27. The van der Waals surface area contributed by atoms with Gasteiger partial charge in [0.1, 0.15) is 5.03 Å². The van der Waals surface area contributed by atoms with E-state index < -0.39 is 11.6 Å². The van der Waals surface area contributed by atoms with E-state index in [9.17, 15) is 15.0 Å². The summed E-state index contributed by atoms with van der Waals surface area (Å²) in [6.07, 6.45) is 3.69. The number of nitrogens with zero attached hydrogens (tertiary/aromatic N) is 1. The fraction of sp³-hybridized carbons (Fsp3) is 0.571. The van der Waals surface area contributed by atoms with Gasteiger partial charge < -0.3 is 10.2 Å². The fourth-order valence-corrected chi connectivity index (χ4v) is 3.84. The third kappa shape index (κ3) is 3.28. The van der Waals surface area contributed by atoms with Crippen molar-refractivity contribution in [2.75, 3.05) is 5.75 Å². The van der Waals surface area contributed by atoms with Crippen molar-refractivity contribution in [3.63, 3.8) is 0 Å². The third-order valence-corrected chi connectivity index (χ3v) is 4.79. The molecule has 2 rings (SSSR count). The Balaban J connectivity index is 2.21. The van der Waals surface area contributed by atoms with E-state index in [2.05, 4.69) is 4.98 Å². The maximum absolute atomic E-state index is 11.3. The molecule has 19 heavy (non-hydrogen) atoms. The molecule has 1 aliphatic carbocycles. The number of hydrogen-bond donors (Lipinski definition) is 2. The van der Waals surface area contributed by atoms with Crippen LogP contribution in [0.4, 0.5) is 0 Å². The second kappa shape index (κ2) is 5.51. The van der Waals surface area contributed by atoms with Gasteiger partial charge >= 0.3 is 5.97 Å². The first-order valence-electron chi connectivity index (χ1n) is 6.48. The predicted molar refractivity (Wildman–Crippen MR) is 74.8 cm³/mol. The van der Waals surface area contributed by atoms with Crippen LogP contribution in [0.15, 0.2) is 11.1 Å². The molecular formula is C14H19NO3S. The van der Waals surface area contributed by atoms with Crippen molar-refractivity contribution >= 4 is 17.7 Å². The molecule has 1 aliphatic rings. The number of aliphatic hydroxyl groups is 1. The first-order chi connectivity index (χ1) is 8.91. The Kier molecular flexibility index (Phi) is 4.16. The number of carboxylic acid groups (broad SMARTS) is 1. The average molecular weight is 281 g/mol. The Morgan fingerprint density at radius 1 is 1.42 bits per heavy atom. The lowest BCUT2D eigenvalue weighted by atomic mass is 10.1. The Morgan fingerprint density at radius 3 is 2.63 bits per heavy atom. The standard InChI is InChI=1S/C14H19NO3S/c1-9-7-10(2)15-12(11(9)13(16)17)19-8-14(18)5-3-4-6-14/h7,18H,3-6,8H2,1-2H3,(H,16,17). The predicted octanol–water partition coefficient (Wildman–Crippen LogP) is 2.79. The molecule has 5 heteroatoms. The molecule has 0 amide bonds. The number of aromatic nitrogens is 1. The number of aryl methyl sites for hydroxylation is 2. The molecule has 0 bridgehead atoms. The SMILES string of the molecule is Cc1cc(C)c(C(=O)O)c(SCC2(O)CCCC2)n1. The Morgan fingerprint density at radius 2 is 2.05 bits per heavy atom. The highest BCUT2D eigenvalue weighted by Crippen LogP contribution is 2.35. The molecule has 0 spiro atoms. The number of carbonyl (C=O) groups is 1. The van der Waals surface area contributed by atoms with Crippen LogP contribution in [-0.4, -0.2) is 32.5 Å². The summed E-state index contributed by atoms with van der Waals surface area (Å²) in [6, 6.07) is 1.78. The van der Waals surface area contributed by atoms with E-state index in [1.54, 1.807) is 13.0 Å². The van der Waals surface area contributed by atoms with E-state index in [1.165, 1.54) is 11.8 Å². The van der Waals surface area contributed by atoms with Crippen molar-refractivity contribution in [2.45, 2.75) is 50.2 Å². The highest BCUT2D eigenvalue weighted by Gasteiger charge is 2.32. The minimum absolute atomic E-state index is 0.261. The number of hydrogen-bond acceptors (Lipinski definition) is 4. The topological polar surface area (TPSA) is 70.4 Å². The second-order valence-electron chi connectivity index (χ2n) is 5.29. The van der Waals surface area contributed by atoms with Gasteiger partial charge in [-0.3, -0.25) is 0 Å². The molecule has 1 saturated carbocycles. The van der Waals surface area contributed by atoms with Crippen LogP contribution < -0.4 is 0 Å². The minimum Gasteiger partial charge on any atom is -0.478 e. The number of carboxylic acids is 1. The van der Waals surface area contributed by atoms with Crippen molar-refractivity contribution in [1.82, 2.24) is 4.98 Å². The average Bonchev–Trinajstić information content (AvgIpc) is 2.72. The first kappa shape index (κ1) is 14.3. The summed E-state index contributed by atoms with van der Waals surface area (Å²) in [5.41, 5.74) is 1.14. The zero-order valence-electron chi connectivity index (χ0n) is 11.3. The van der Waals surface area contributed by atoms with Crippen molar-refractivity contribution in [1.29, 1.82) is 0 Å². The minimum atomic E-state index is -0.953. The summed E-state index contributed by atoms with van der Waals surface area (Å²) >= 11 is 1.36. The summed E-state index contributed by atoms with van der Waals surface area (Å²) in [7, 11) is 0. The van der Waals surface area contributed by atoms with E-state index in [1.807, 2.05) is 6.92 Å². The van der Waals surface area contributed by atoms with Gasteiger partial charge in [0.15, 0.2) is 0 Å². The van der Waals surface area contributed by atoms with Crippen molar-refractivity contribution in [2.24, 2.45) is 0 Å². The van der Waals surface area contributed by atoms with Crippen LogP contribution in [0.5, 0.6) is 0 Å². The smallest absolute Gasteiger partial charge is 0.338 e. The monoisotopic (exact) mass is 281 g/mol. The molecule has 0 aliphatic heterocycles. The fourth-order valence-electron chi connectivity index (χ4n) is 2.55. The van der Waals surface area contributed by atoms with Gasteiger partial charge in [0.2, 0.25) is 0 Å². The van der Waals surface area contributed by atoms with Crippen LogP contribution in [0.2, 0.25) is 0 Å². The van der Waals surface area contributed by atoms with Crippen LogP contribution in [0.3, 0.4) is 0 Å². The zero-order valence-corrected chi connectivity index (χ0v) is 12.1. The van der Waals surface area contributed by atoms with Crippen LogP contribution in [0, 0.1) is 13.8 Å². The van der Waals surface area contributed by atoms with Gasteiger partial charge in [-0.1, -0.05) is 12.8 Å². The molecule has 0 unspecified atom stereocenters. The highest BCUT2D eigenvalue weighted by atomic mass is 32.2. The molecule has 0 saturated heterocycles. The zero-order chi connectivity index (χ0) is 14.0. The lowest BCUT2D eigenvalue weighted by molar-refractivity contribution is 0.0686. The van der Waals surface area contributed by atoms with E-state index in [-0.39, 0.29) is 5.56 Å². The van der Waals surface area contributed by atoms with Crippen molar-refractivity contribution < 1.29 is 15.0 Å². The van der Waals surface area contributed by atoms with Crippen LogP contribution in [0.1, 0.15) is 47.3 Å². The van der Waals surface area contributed by atoms with Gasteiger partial charge in [0.25, 0.3) is 0 Å². The van der Waals surface area contributed by atoms with Crippen LogP contribution in [0.25, 0.3) is 0 Å². The van der Waals surface area contributed by atoms with Crippen LogP contribution in [-0.2, 0) is 0 Å². The quantitative estimate of drug-likeness (QED) is 0.830. The van der Waals surface area contributed by atoms with E-state index in [0.29, 0.717) is 10.8 Å². The van der Waals surface area contributed by atoms with Crippen LogP contribution >= 0.6 is 11.8 Å². The van der Waals surface area contributed by atoms with Gasteiger partial charge in [-0.15, -0.1) is 11.8 Å². The molecule has 0 atom stereocenters. The summed E-state index contributed by atoms with van der Waals surface area (Å²) in [4.78, 5) is 15.6. The number of rotatable bonds is 4. The molecule has 1 fully saturated rings. The van der Waals surface area contributed by atoms with Crippen molar-refractivity contribution in [3.05, 3.63) is 22.9 Å². The van der Waals surface area contributed by atoms with Gasteiger partial charge in [-0.25, -0.2) is 9.78 Å². The number of aromatic carboxylic acids is 1. The molecule has 0 radical (unpaired) electrons. The lowest BCUT2D eigenvalue weighted by Gasteiger charge is -2.21. The molecule has 2 N–H and O–H groups in total. The summed E-state index contributed by atoms with van der Waals surface area (Å²) < 4.78 is 0. The molecule has 1 aromatic heterocycles. The normalized spacial score (nSPS) is 17.6. The van der Waals surface area contributed by atoms with E-state index in [4.69, 9.17) is 0 Å². The first-order valence-corrected chi connectivity index (χ1v) is 7.46. The molecule has 1 heterocycles. The molecule has 1 aromatic rings. The summed E-state index contributed by atoms with van der Waals surface area (Å²) in [5, 5.41) is 20.1. The number of thioether (sulfide) groups is 1. The Hall–Kier alpha value is -1.07. The summed E-state index contributed by atoms with van der Waals surface area (Å²) in [5.74, 6) is -0.436. The van der Waals surface area contributed by atoms with E-state index >= 15 is 0 Å². The largest absolute Gasteiger partial charge is 0.478 e. The third-order valence-electron chi connectivity index (χ3n) is 3.54. The highest BCUT2D eigenvalue weighted by molar-refractivity contribution is 7.99. The second-order valence-corrected chi connectivity index (χ2v) is 6.25. The Bertz CT molecular complexity index is 496. The molecule has 104 valence electrons. The molecule has 4 nitrogen and oxygen atoms in total. The summed E-state index contributed by atoms with van der Waals surface area (Å²) in [6.45, 7) is 3.64. The van der Waals surface area contributed by atoms with Gasteiger partial charge in [-0.05, 0) is 38.3 Å². The van der Waals surface area contributed by atoms with Gasteiger partial charge in [0.05, 0.1) is 11.2 Å². The van der Waals surface area contributed by atoms with Gasteiger partial charge in [-0.2, -0.15) is 0 Å². The van der Waals surface area contributed by atoms with Gasteiger partial charge in [0, 0.05) is 11.4 Å². The van der Waals surface area contributed by atoms with Crippen molar-refractivity contribution in [3.8, 4) is 0 Å². The maximum Gasteiger partial charge on any atom is 0.338 e. The van der Waals surface area contributed by atoms with E-state index in [0.717, 1.165) is 36.9 Å².